The first-order chi connectivity index (χ1) is 10.6. The number of nitrogens with one attached hydrogen (secondary N) is 1. The van der Waals surface area contributed by atoms with Gasteiger partial charge in [-0.25, -0.2) is 0 Å². The predicted octanol–water partition coefficient (Wildman–Crippen LogP) is 3.74. The highest BCUT2D eigenvalue weighted by Crippen LogP contribution is 2.40. The predicted molar refractivity (Wildman–Crippen MR) is 88.8 cm³/mol. The molecular formula is C17H16BrNO3. The van der Waals surface area contributed by atoms with E-state index in [0.29, 0.717) is 17.9 Å². The lowest BCUT2D eigenvalue weighted by Gasteiger charge is -2.16. The van der Waals surface area contributed by atoms with Crippen molar-refractivity contribution in [3.05, 3.63) is 52.0 Å². The van der Waals surface area contributed by atoms with Crippen LogP contribution in [0.1, 0.15) is 17.0 Å². The second-order valence-corrected chi connectivity index (χ2v) is 6.05. The summed E-state index contributed by atoms with van der Waals surface area (Å²) in [6.07, 6.45) is 0.557. The van der Waals surface area contributed by atoms with Crippen LogP contribution in [-0.2, 0) is 11.2 Å². The van der Waals surface area contributed by atoms with Gasteiger partial charge in [0, 0.05) is 15.7 Å². The van der Waals surface area contributed by atoms with Crippen molar-refractivity contribution in [2.45, 2.75) is 12.3 Å². The minimum Gasteiger partial charge on any atom is -0.493 e. The number of benzene rings is 2. The van der Waals surface area contributed by atoms with Gasteiger partial charge < -0.3 is 14.8 Å². The standard InChI is InChI=1S/C17H16BrNO3/c1-21-15-9-11(18)7-10(16(15)22-2)8-13-12-5-3-4-6-14(12)19-17(13)20/h3-7,9,13H,8H2,1-2H3,(H,19,20)/t13-/m0/s1. The molecule has 2 aromatic carbocycles. The van der Waals surface area contributed by atoms with Crippen LogP contribution in [0.3, 0.4) is 0 Å². The van der Waals surface area contributed by atoms with Gasteiger partial charge in [0.25, 0.3) is 0 Å². The first kappa shape index (κ1) is 14.9. The van der Waals surface area contributed by atoms with Gasteiger partial charge in [-0.2, -0.15) is 0 Å². The summed E-state index contributed by atoms with van der Waals surface area (Å²) in [7, 11) is 3.21. The highest BCUT2D eigenvalue weighted by atomic mass is 79.9. The number of hydrogen-bond acceptors (Lipinski definition) is 3. The zero-order chi connectivity index (χ0) is 15.7. The molecule has 4 nitrogen and oxygen atoms in total. The van der Waals surface area contributed by atoms with Crippen molar-refractivity contribution in [1.29, 1.82) is 0 Å². The fraction of sp³-hybridized carbons (Fsp3) is 0.235. The Bertz CT molecular complexity index is 730. The van der Waals surface area contributed by atoms with Crippen molar-refractivity contribution >= 4 is 27.5 Å². The quantitative estimate of drug-likeness (QED) is 0.901. The van der Waals surface area contributed by atoms with Crippen molar-refractivity contribution < 1.29 is 14.3 Å². The van der Waals surface area contributed by atoms with E-state index in [1.54, 1.807) is 14.2 Å². The highest BCUT2D eigenvalue weighted by molar-refractivity contribution is 9.10. The number of ether oxygens (including phenoxy) is 2. The molecule has 0 saturated heterocycles. The number of methoxy groups -OCH3 is 2. The van der Waals surface area contributed by atoms with Crippen molar-refractivity contribution in [1.82, 2.24) is 0 Å². The van der Waals surface area contributed by atoms with Crippen LogP contribution in [0.25, 0.3) is 0 Å². The van der Waals surface area contributed by atoms with E-state index >= 15 is 0 Å². The third-order valence-electron chi connectivity index (χ3n) is 3.86. The van der Waals surface area contributed by atoms with Crippen LogP contribution >= 0.6 is 15.9 Å². The number of anilines is 1. The monoisotopic (exact) mass is 361 g/mol. The third-order valence-corrected chi connectivity index (χ3v) is 4.31. The van der Waals surface area contributed by atoms with Gasteiger partial charge in [0.2, 0.25) is 5.91 Å². The normalized spacial score (nSPS) is 16.1. The lowest BCUT2D eigenvalue weighted by Crippen LogP contribution is -2.15. The van der Waals surface area contributed by atoms with Gasteiger partial charge in [-0.05, 0) is 30.2 Å². The number of rotatable bonds is 4. The molecule has 114 valence electrons. The molecule has 0 aromatic heterocycles. The maximum absolute atomic E-state index is 12.3. The Morgan fingerprint density at radius 1 is 1.18 bits per heavy atom. The Morgan fingerprint density at radius 2 is 1.95 bits per heavy atom. The summed E-state index contributed by atoms with van der Waals surface area (Å²) in [5.74, 6) is 1.12. The SMILES string of the molecule is COc1cc(Br)cc(C[C@@H]2C(=O)Nc3ccccc32)c1OC. The minimum absolute atomic E-state index is 0.0159. The summed E-state index contributed by atoms with van der Waals surface area (Å²) >= 11 is 3.48. The molecule has 0 aliphatic carbocycles. The van der Waals surface area contributed by atoms with E-state index in [1.807, 2.05) is 36.4 Å². The summed E-state index contributed by atoms with van der Waals surface area (Å²) < 4.78 is 11.7. The Balaban J connectivity index is 2.00. The van der Waals surface area contributed by atoms with Gasteiger partial charge in [0.05, 0.1) is 20.1 Å². The Kier molecular flexibility index (Phi) is 4.07. The molecule has 1 amide bonds. The molecule has 1 N–H and O–H groups in total. The molecule has 0 spiro atoms. The van der Waals surface area contributed by atoms with E-state index in [2.05, 4.69) is 21.2 Å². The van der Waals surface area contributed by atoms with E-state index in [1.165, 1.54) is 0 Å². The zero-order valence-corrected chi connectivity index (χ0v) is 13.9. The molecule has 1 aliphatic rings. The summed E-state index contributed by atoms with van der Waals surface area (Å²) in [5.41, 5.74) is 2.84. The van der Waals surface area contributed by atoms with Gasteiger partial charge in [0.1, 0.15) is 0 Å². The lowest BCUT2D eigenvalue weighted by molar-refractivity contribution is -0.117. The van der Waals surface area contributed by atoms with Crippen LogP contribution in [-0.4, -0.2) is 20.1 Å². The molecule has 0 saturated carbocycles. The van der Waals surface area contributed by atoms with E-state index in [0.717, 1.165) is 21.3 Å². The summed E-state index contributed by atoms with van der Waals surface area (Å²) in [5, 5.41) is 2.93. The molecule has 1 aliphatic heterocycles. The minimum atomic E-state index is -0.218. The summed E-state index contributed by atoms with van der Waals surface area (Å²) in [4.78, 5) is 12.3. The smallest absolute Gasteiger partial charge is 0.232 e. The van der Waals surface area contributed by atoms with Crippen LogP contribution < -0.4 is 14.8 Å². The number of halogens is 1. The molecule has 0 bridgehead atoms. The number of hydrogen-bond donors (Lipinski definition) is 1. The Labute approximate surface area is 137 Å². The van der Waals surface area contributed by atoms with Crippen molar-refractivity contribution in [2.75, 3.05) is 19.5 Å². The van der Waals surface area contributed by atoms with Gasteiger partial charge >= 0.3 is 0 Å². The Hall–Kier alpha value is -2.01. The summed E-state index contributed by atoms with van der Waals surface area (Å²) in [6, 6.07) is 11.6. The molecular weight excluding hydrogens is 346 g/mol. The fourth-order valence-electron chi connectivity index (χ4n) is 2.86. The fourth-order valence-corrected chi connectivity index (χ4v) is 3.34. The molecule has 5 heteroatoms. The maximum Gasteiger partial charge on any atom is 0.232 e. The van der Waals surface area contributed by atoms with Gasteiger partial charge in [0.15, 0.2) is 11.5 Å². The maximum atomic E-state index is 12.3. The molecule has 0 unspecified atom stereocenters. The zero-order valence-electron chi connectivity index (χ0n) is 12.4. The third kappa shape index (κ3) is 2.57. The average molecular weight is 362 g/mol. The first-order valence-corrected chi connectivity index (χ1v) is 7.73. The van der Waals surface area contributed by atoms with Crippen LogP contribution in [0.15, 0.2) is 40.9 Å². The van der Waals surface area contributed by atoms with E-state index < -0.39 is 0 Å². The van der Waals surface area contributed by atoms with Gasteiger partial charge in [-0.1, -0.05) is 34.1 Å². The number of amides is 1. The van der Waals surface area contributed by atoms with E-state index in [4.69, 9.17) is 9.47 Å². The number of carbonyl (C=O) groups excluding carboxylic acids is 1. The van der Waals surface area contributed by atoms with Crippen LogP contribution in [0, 0.1) is 0 Å². The van der Waals surface area contributed by atoms with Crippen LogP contribution in [0.4, 0.5) is 5.69 Å². The summed E-state index contributed by atoms with van der Waals surface area (Å²) in [6.45, 7) is 0. The van der Waals surface area contributed by atoms with Crippen molar-refractivity contribution in [2.24, 2.45) is 0 Å². The molecule has 1 heterocycles. The molecule has 1 atom stereocenters. The average Bonchev–Trinajstić information content (AvgIpc) is 2.83. The van der Waals surface area contributed by atoms with E-state index in [-0.39, 0.29) is 11.8 Å². The van der Waals surface area contributed by atoms with Gasteiger partial charge in [-0.3, -0.25) is 4.79 Å². The highest BCUT2D eigenvalue weighted by Gasteiger charge is 2.31. The Morgan fingerprint density at radius 3 is 2.68 bits per heavy atom. The molecule has 3 rings (SSSR count). The topological polar surface area (TPSA) is 47.6 Å². The van der Waals surface area contributed by atoms with Crippen LogP contribution in [0.2, 0.25) is 0 Å². The number of fused-ring (bicyclic) bond motifs is 1. The van der Waals surface area contributed by atoms with Gasteiger partial charge in [-0.15, -0.1) is 0 Å². The molecule has 0 radical (unpaired) electrons. The second kappa shape index (κ2) is 6.01. The number of para-hydroxylation sites is 1. The molecule has 2 aromatic rings. The second-order valence-electron chi connectivity index (χ2n) is 5.13. The van der Waals surface area contributed by atoms with Crippen molar-refractivity contribution in [3.63, 3.8) is 0 Å². The molecule has 0 fully saturated rings. The van der Waals surface area contributed by atoms with E-state index in [9.17, 15) is 4.79 Å². The van der Waals surface area contributed by atoms with Crippen molar-refractivity contribution in [3.8, 4) is 11.5 Å². The van der Waals surface area contributed by atoms with Crippen LogP contribution in [0.5, 0.6) is 11.5 Å². The first-order valence-electron chi connectivity index (χ1n) is 6.94. The molecule has 22 heavy (non-hydrogen) atoms. The largest absolute Gasteiger partial charge is 0.493 e. The lowest BCUT2D eigenvalue weighted by atomic mass is 9.92. The number of carbonyl (C=O) groups is 1.